The molecule has 0 radical (unpaired) electrons. The highest BCUT2D eigenvalue weighted by Crippen LogP contribution is 2.31. The summed E-state index contributed by atoms with van der Waals surface area (Å²) in [4.78, 5) is 17.2. The third-order valence-corrected chi connectivity index (χ3v) is 5.04. The molecule has 0 saturated heterocycles. The molecule has 0 spiro atoms. The number of carbonyl (C=O) groups excluding carboxylic acids is 1. The Morgan fingerprint density at radius 1 is 1.33 bits per heavy atom. The molecule has 6 heteroatoms. The number of rotatable bonds is 4. The van der Waals surface area contributed by atoms with E-state index in [2.05, 4.69) is 10.1 Å². The van der Waals surface area contributed by atoms with Crippen molar-refractivity contribution in [1.29, 1.82) is 0 Å². The molecule has 0 bridgehead atoms. The van der Waals surface area contributed by atoms with Crippen molar-refractivity contribution in [2.24, 2.45) is 0 Å². The van der Waals surface area contributed by atoms with Crippen LogP contribution in [0.5, 0.6) is 0 Å². The first kappa shape index (κ1) is 14.6. The normalized spacial score (nSPS) is 18.9. The molecular weight excluding hydrogens is 308 g/mol. The highest BCUT2D eigenvalue weighted by molar-refractivity contribution is 7.98. The minimum Gasteiger partial charge on any atom is -0.339 e. The summed E-state index contributed by atoms with van der Waals surface area (Å²) in [5.74, 6) is 1.66. The van der Waals surface area contributed by atoms with Gasteiger partial charge in [0.2, 0.25) is 5.89 Å². The van der Waals surface area contributed by atoms with Crippen LogP contribution in [0.3, 0.4) is 0 Å². The van der Waals surface area contributed by atoms with Gasteiger partial charge < -0.3 is 4.52 Å². The summed E-state index contributed by atoms with van der Waals surface area (Å²) in [5, 5.41) is 4.68. The van der Waals surface area contributed by atoms with Crippen molar-refractivity contribution < 1.29 is 9.32 Å². The van der Waals surface area contributed by atoms with Crippen LogP contribution in [0.4, 0.5) is 0 Å². The predicted octanol–water partition coefficient (Wildman–Crippen LogP) is 4.24. The van der Waals surface area contributed by atoms with Crippen LogP contribution < -0.4 is 0 Å². The number of nitrogens with zero attached hydrogens (tertiary/aromatic N) is 2. The number of benzene rings is 1. The molecule has 1 atom stereocenters. The van der Waals surface area contributed by atoms with Gasteiger partial charge in [-0.1, -0.05) is 35.3 Å². The van der Waals surface area contributed by atoms with Crippen molar-refractivity contribution in [1.82, 2.24) is 10.1 Å². The van der Waals surface area contributed by atoms with Gasteiger partial charge in [0.15, 0.2) is 5.82 Å². The van der Waals surface area contributed by atoms with Crippen LogP contribution in [-0.2, 0) is 10.5 Å². The lowest BCUT2D eigenvalue weighted by Gasteiger charge is -2.16. The summed E-state index contributed by atoms with van der Waals surface area (Å²) >= 11 is 7.67. The second-order valence-corrected chi connectivity index (χ2v) is 6.46. The molecule has 1 saturated carbocycles. The molecule has 1 aromatic heterocycles. The van der Waals surface area contributed by atoms with E-state index >= 15 is 0 Å². The number of thioether (sulfide) groups is 1. The molecule has 0 aliphatic heterocycles. The Morgan fingerprint density at radius 3 is 3.00 bits per heavy atom. The van der Waals surface area contributed by atoms with Gasteiger partial charge in [0.1, 0.15) is 5.78 Å². The minimum atomic E-state index is -0.203. The quantitative estimate of drug-likeness (QED) is 0.788. The Bertz CT molecular complexity index is 644. The minimum absolute atomic E-state index is 0.203. The number of aromatic nitrogens is 2. The predicted molar refractivity (Wildman–Crippen MR) is 81.5 cm³/mol. The highest BCUT2D eigenvalue weighted by atomic mass is 35.5. The van der Waals surface area contributed by atoms with Crippen LogP contribution in [0.2, 0.25) is 5.02 Å². The topological polar surface area (TPSA) is 56.0 Å². The third kappa shape index (κ3) is 3.47. The fraction of sp³-hybridized carbons (Fsp3) is 0.400. The van der Waals surface area contributed by atoms with E-state index in [0.29, 0.717) is 28.9 Å². The van der Waals surface area contributed by atoms with Crippen LogP contribution in [-0.4, -0.2) is 15.9 Å². The second-order valence-electron chi connectivity index (χ2n) is 5.03. The zero-order valence-corrected chi connectivity index (χ0v) is 13.0. The van der Waals surface area contributed by atoms with Crippen molar-refractivity contribution >= 4 is 29.1 Å². The number of ketones is 1. The van der Waals surface area contributed by atoms with Crippen molar-refractivity contribution in [3.05, 3.63) is 41.0 Å². The number of halogens is 1. The van der Waals surface area contributed by atoms with Crippen LogP contribution in [0.15, 0.2) is 33.7 Å². The first-order valence-corrected chi connectivity index (χ1v) is 8.33. The lowest BCUT2D eigenvalue weighted by atomic mass is 9.88. The highest BCUT2D eigenvalue weighted by Gasteiger charge is 2.28. The fourth-order valence-corrected chi connectivity index (χ4v) is 3.50. The Kier molecular flexibility index (Phi) is 4.60. The molecule has 2 aromatic rings. The Morgan fingerprint density at radius 2 is 2.19 bits per heavy atom. The van der Waals surface area contributed by atoms with Crippen LogP contribution in [0.1, 0.15) is 43.3 Å². The molecular formula is C15H15ClN2O2S. The van der Waals surface area contributed by atoms with E-state index in [-0.39, 0.29) is 11.7 Å². The zero-order valence-electron chi connectivity index (χ0n) is 11.4. The van der Waals surface area contributed by atoms with E-state index in [9.17, 15) is 4.79 Å². The van der Waals surface area contributed by atoms with Gasteiger partial charge in [-0.05, 0) is 25.0 Å². The van der Waals surface area contributed by atoms with Crippen LogP contribution >= 0.6 is 23.4 Å². The van der Waals surface area contributed by atoms with Gasteiger partial charge in [-0.3, -0.25) is 4.79 Å². The molecule has 1 unspecified atom stereocenters. The van der Waals surface area contributed by atoms with Crippen LogP contribution in [0.25, 0.3) is 0 Å². The molecule has 1 aliphatic rings. The van der Waals surface area contributed by atoms with Gasteiger partial charge in [-0.15, -0.1) is 11.8 Å². The number of carbonyl (C=O) groups is 1. The number of hydrogen-bond acceptors (Lipinski definition) is 5. The monoisotopic (exact) mass is 322 g/mol. The summed E-state index contributed by atoms with van der Waals surface area (Å²) in [7, 11) is 0. The van der Waals surface area contributed by atoms with E-state index in [1.807, 2.05) is 24.3 Å². The van der Waals surface area contributed by atoms with Crippen molar-refractivity contribution in [3.63, 3.8) is 0 Å². The molecule has 4 nitrogen and oxygen atoms in total. The maximum absolute atomic E-state index is 11.9. The molecule has 1 heterocycles. The van der Waals surface area contributed by atoms with Gasteiger partial charge in [0.25, 0.3) is 0 Å². The average molecular weight is 323 g/mol. The first-order valence-electron chi connectivity index (χ1n) is 6.96. The van der Waals surface area contributed by atoms with E-state index in [4.69, 9.17) is 16.1 Å². The van der Waals surface area contributed by atoms with Gasteiger partial charge in [-0.25, -0.2) is 0 Å². The van der Waals surface area contributed by atoms with E-state index in [0.717, 1.165) is 24.2 Å². The number of hydrogen-bond donors (Lipinski definition) is 0. The maximum atomic E-state index is 11.9. The summed E-state index contributed by atoms with van der Waals surface area (Å²) in [6.45, 7) is 0. The van der Waals surface area contributed by atoms with E-state index in [1.54, 1.807) is 11.8 Å². The molecule has 1 aromatic carbocycles. The molecule has 0 N–H and O–H groups in total. The standard InChI is InChI=1S/C15H15ClN2O2S/c16-11-6-2-4-8-13(11)21-9-14-17-15(20-18-14)10-5-1-3-7-12(10)19/h2,4,6,8,10H,1,3,5,7,9H2. The van der Waals surface area contributed by atoms with Crippen molar-refractivity contribution in [2.45, 2.75) is 42.2 Å². The molecule has 21 heavy (non-hydrogen) atoms. The van der Waals surface area contributed by atoms with Crippen molar-refractivity contribution in [2.75, 3.05) is 0 Å². The number of Topliss-reactive ketones (excluding diaryl/α,β-unsaturated/α-hetero) is 1. The molecule has 0 amide bonds. The van der Waals surface area contributed by atoms with E-state index < -0.39 is 0 Å². The lowest BCUT2D eigenvalue weighted by molar-refractivity contribution is -0.122. The SMILES string of the molecule is O=C1CCCCC1c1nc(CSc2ccccc2Cl)no1. The molecule has 3 rings (SSSR count). The Hall–Kier alpha value is -1.33. The Labute approximate surface area is 132 Å². The third-order valence-electron chi connectivity index (χ3n) is 3.53. The fourth-order valence-electron chi connectivity index (χ4n) is 2.42. The smallest absolute Gasteiger partial charge is 0.237 e. The van der Waals surface area contributed by atoms with Crippen molar-refractivity contribution in [3.8, 4) is 0 Å². The average Bonchev–Trinajstić information content (AvgIpc) is 2.96. The van der Waals surface area contributed by atoms with E-state index in [1.165, 1.54) is 0 Å². The van der Waals surface area contributed by atoms with Gasteiger partial charge in [-0.2, -0.15) is 4.98 Å². The summed E-state index contributed by atoms with van der Waals surface area (Å²) in [6, 6.07) is 7.65. The summed E-state index contributed by atoms with van der Waals surface area (Å²) in [6.07, 6.45) is 3.45. The summed E-state index contributed by atoms with van der Waals surface area (Å²) < 4.78 is 5.26. The van der Waals surface area contributed by atoms with Gasteiger partial charge in [0, 0.05) is 11.3 Å². The lowest BCUT2D eigenvalue weighted by Crippen LogP contribution is -2.17. The second kappa shape index (κ2) is 6.62. The van der Waals surface area contributed by atoms with Gasteiger partial charge in [0.05, 0.1) is 16.7 Å². The molecule has 1 aliphatic carbocycles. The van der Waals surface area contributed by atoms with Crippen LogP contribution in [0, 0.1) is 0 Å². The Balaban J connectivity index is 1.65. The molecule has 110 valence electrons. The largest absolute Gasteiger partial charge is 0.339 e. The maximum Gasteiger partial charge on any atom is 0.237 e. The zero-order chi connectivity index (χ0) is 14.7. The summed E-state index contributed by atoms with van der Waals surface area (Å²) in [5.41, 5.74) is 0. The molecule has 1 fully saturated rings. The first-order chi connectivity index (χ1) is 10.2. The van der Waals surface area contributed by atoms with Gasteiger partial charge >= 0.3 is 0 Å².